The van der Waals surface area contributed by atoms with Crippen molar-refractivity contribution in [2.45, 2.75) is 11.8 Å². The fourth-order valence-corrected chi connectivity index (χ4v) is 4.81. The van der Waals surface area contributed by atoms with Crippen molar-refractivity contribution >= 4 is 56.5 Å². The van der Waals surface area contributed by atoms with Gasteiger partial charge in [-0.2, -0.15) is 5.10 Å². The average molecular weight is 531 g/mol. The fourth-order valence-electron chi connectivity index (χ4n) is 3.28. The molecule has 5 rings (SSSR count). The van der Waals surface area contributed by atoms with Crippen LogP contribution in [-0.2, 0) is 11.4 Å². The average Bonchev–Trinajstić information content (AvgIpc) is 3.49. The molecule has 0 atom stereocenters. The third kappa shape index (κ3) is 6.23. The summed E-state index contributed by atoms with van der Waals surface area (Å²) < 4.78 is 8.19. The number of hydrogen-bond donors (Lipinski definition) is 3. The highest BCUT2D eigenvalue weighted by atomic mass is 32.2. The summed E-state index contributed by atoms with van der Waals surface area (Å²) in [5, 5.41) is 16.0. The number of nitrogens with one attached hydrogen (secondary N) is 2. The Morgan fingerprint density at radius 3 is 2.70 bits per heavy atom. The normalized spacial score (nSPS) is 11.1. The second-order valence-corrected chi connectivity index (χ2v) is 9.66. The Morgan fingerprint density at radius 2 is 1.84 bits per heavy atom. The number of aromatic nitrogens is 4. The first-order chi connectivity index (χ1) is 18.2. The van der Waals surface area contributed by atoms with E-state index < -0.39 is 0 Å². The number of hydrazone groups is 1. The Hall–Kier alpha value is -4.42. The second kappa shape index (κ2) is 11.5. The Bertz CT molecular complexity index is 1500. The molecule has 0 saturated heterocycles. The largest absolute Gasteiger partial charge is 0.488 e. The lowest BCUT2D eigenvalue weighted by atomic mass is 10.2. The van der Waals surface area contributed by atoms with Crippen LogP contribution >= 0.6 is 23.1 Å². The monoisotopic (exact) mass is 530 g/mol. The van der Waals surface area contributed by atoms with Crippen molar-refractivity contribution in [2.24, 2.45) is 5.10 Å². The Balaban J connectivity index is 1.14. The van der Waals surface area contributed by atoms with Crippen LogP contribution in [0.15, 0.2) is 89.1 Å². The van der Waals surface area contributed by atoms with Gasteiger partial charge in [-0.1, -0.05) is 77.7 Å². The lowest BCUT2D eigenvalue weighted by Gasteiger charge is -2.09. The molecule has 0 spiro atoms. The first-order valence-corrected chi connectivity index (χ1v) is 13.0. The highest BCUT2D eigenvalue weighted by molar-refractivity contribution is 7.99. The Labute approximate surface area is 220 Å². The molecule has 12 heteroatoms. The maximum Gasteiger partial charge on any atom is 0.264 e. The molecule has 0 fully saturated rings. The van der Waals surface area contributed by atoms with Gasteiger partial charge in [-0.15, -0.1) is 10.2 Å². The number of rotatable bonds is 10. The lowest BCUT2D eigenvalue weighted by Crippen LogP contribution is -2.16. The van der Waals surface area contributed by atoms with E-state index in [-0.39, 0.29) is 17.6 Å². The number of benzene rings is 3. The van der Waals surface area contributed by atoms with Crippen LogP contribution < -0.4 is 21.3 Å². The molecule has 4 N–H and O–H groups in total. The predicted molar refractivity (Wildman–Crippen MR) is 148 cm³/mol. The number of nitrogen functional groups attached to an aromatic ring is 1. The Morgan fingerprint density at radius 1 is 1.05 bits per heavy atom. The molecule has 186 valence electrons. The molecule has 0 unspecified atom stereocenters. The van der Waals surface area contributed by atoms with E-state index in [1.807, 2.05) is 78.9 Å². The number of carbonyl (C=O) groups excluding carboxylic acids is 1. The van der Waals surface area contributed by atoms with Gasteiger partial charge in [0.25, 0.3) is 5.95 Å². The van der Waals surface area contributed by atoms with Crippen molar-refractivity contribution in [3.63, 3.8) is 0 Å². The van der Waals surface area contributed by atoms with Gasteiger partial charge in [0.1, 0.15) is 12.4 Å². The van der Waals surface area contributed by atoms with Gasteiger partial charge in [0.05, 0.1) is 22.2 Å². The molecule has 2 aromatic heterocycles. The fraction of sp³-hybridized carbons (Fsp3) is 0.0800. The minimum atomic E-state index is -0.216. The van der Waals surface area contributed by atoms with E-state index in [4.69, 9.17) is 10.6 Å². The zero-order chi connectivity index (χ0) is 25.5. The van der Waals surface area contributed by atoms with Crippen molar-refractivity contribution in [1.29, 1.82) is 0 Å². The summed E-state index contributed by atoms with van der Waals surface area (Å²) in [5.74, 6) is 6.89. The molecule has 5 aromatic rings. The third-order valence-corrected chi connectivity index (χ3v) is 6.96. The van der Waals surface area contributed by atoms with Crippen LogP contribution in [0.25, 0.3) is 10.2 Å². The highest BCUT2D eigenvalue weighted by Crippen LogP contribution is 2.26. The molecular weight excluding hydrogens is 508 g/mol. The van der Waals surface area contributed by atoms with E-state index >= 15 is 0 Å². The van der Waals surface area contributed by atoms with Gasteiger partial charge >= 0.3 is 0 Å². The topological polar surface area (TPSA) is 132 Å². The summed E-state index contributed by atoms with van der Waals surface area (Å²) in [5.41, 5.74) is 5.49. The molecule has 1 amide bonds. The quantitative estimate of drug-likeness (QED) is 0.105. The van der Waals surface area contributed by atoms with Gasteiger partial charge in [-0.25, -0.2) is 15.1 Å². The van der Waals surface area contributed by atoms with Gasteiger partial charge in [-0.05, 0) is 29.8 Å². The van der Waals surface area contributed by atoms with Crippen LogP contribution in [0.3, 0.4) is 0 Å². The molecular formula is C25H22N8O2S2. The number of carbonyl (C=O) groups is 1. The van der Waals surface area contributed by atoms with Crippen LogP contribution in [0, 0.1) is 0 Å². The smallest absolute Gasteiger partial charge is 0.264 e. The van der Waals surface area contributed by atoms with Gasteiger partial charge < -0.3 is 15.9 Å². The number of ether oxygens (including phenoxy) is 1. The van der Waals surface area contributed by atoms with Crippen LogP contribution in [0.2, 0.25) is 0 Å². The van der Waals surface area contributed by atoms with Crippen molar-refractivity contribution < 1.29 is 9.53 Å². The van der Waals surface area contributed by atoms with Gasteiger partial charge in [-0.3, -0.25) is 4.79 Å². The maximum atomic E-state index is 12.4. The van der Waals surface area contributed by atoms with Crippen molar-refractivity contribution in [1.82, 2.24) is 19.9 Å². The lowest BCUT2D eigenvalue weighted by molar-refractivity contribution is -0.113. The van der Waals surface area contributed by atoms with Crippen LogP contribution in [-0.4, -0.2) is 37.7 Å². The molecule has 0 bridgehead atoms. The SMILES string of the molecule is Nn1c(N/N=C/c2ccccc2OCc2ccccc2)nnc1SCC(=O)Nc1nc2ccccc2s1. The van der Waals surface area contributed by atoms with Crippen molar-refractivity contribution in [2.75, 3.05) is 22.3 Å². The molecule has 0 aliphatic heterocycles. The third-order valence-electron chi connectivity index (χ3n) is 5.06. The van der Waals surface area contributed by atoms with Crippen LogP contribution in [0.4, 0.5) is 11.1 Å². The maximum absolute atomic E-state index is 12.4. The molecule has 10 nitrogen and oxygen atoms in total. The highest BCUT2D eigenvalue weighted by Gasteiger charge is 2.13. The summed E-state index contributed by atoms with van der Waals surface area (Å²) in [6, 6.07) is 25.2. The van der Waals surface area contributed by atoms with Crippen LogP contribution in [0.5, 0.6) is 5.75 Å². The molecule has 3 aromatic carbocycles. The first-order valence-electron chi connectivity index (χ1n) is 11.2. The van der Waals surface area contributed by atoms with E-state index in [0.29, 0.717) is 22.6 Å². The second-order valence-electron chi connectivity index (χ2n) is 7.68. The van der Waals surface area contributed by atoms with Crippen LogP contribution in [0.1, 0.15) is 11.1 Å². The summed E-state index contributed by atoms with van der Waals surface area (Å²) >= 11 is 2.58. The van der Waals surface area contributed by atoms with E-state index in [9.17, 15) is 4.79 Å². The number of thioether (sulfide) groups is 1. The molecule has 0 saturated carbocycles. The number of amides is 1. The standard InChI is InChI=1S/C25H22N8O2S2/c26-33-23(30-27-14-18-10-4-6-12-20(18)35-15-17-8-2-1-3-9-17)31-32-25(33)36-16-22(34)29-24-28-19-11-5-7-13-21(19)37-24/h1-14H,15-16,26H2,(H,30,31)(H,28,29,34)/b27-14+. The number of para-hydroxylation sites is 2. The molecule has 0 aliphatic carbocycles. The zero-order valence-electron chi connectivity index (χ0n) is 19.4. The molecule has 2 heterocycles. The van der Waals surface area contributed by atoms with Crippen molar-refractivity contribution in [3.8, 4) is 5.75 Å². The molecule has 0 aliphatic rings. The summed E-state index contributed by atoms with van der Waals surface area (Å²) in [6.07, 6.45) is 1.62. The van der Waals surface area contributed by atoms with Crippen molar-refractivity contribution in [3.05, 3.63) is 90.0 Å². The van der Waals surface area contributed by atoms with E-state index in [1.54, 1.807) is 6.21 Å². The van der Waals surface area contributed by atoms with E-state index in [1.165, 1.54) is 16.0 Å². The zero-order valence-corrected chi connectivity index (χ0v) is 21.1. The molecule has 37 heavy (non-hydrogen) atoms. The summed E-state index contributed by atoms with van der Waals surface area (Å²) in [6.45, 7) is 0.448. The summed E-state index contributed by atoms with van der Waals surface area (Å²) in [7, 11) is 0. The number of anilines is 2. The number of hydrogen-bond acceptors (Lipinski definition) is 10. The van der Waals surface area contributed by atoms with Gasteiger partial charge in [0.15, 0.2) is 5.13 Å². The predicted octanol–water partition coefficient (Wildman–Crippen LogP) is 4.36. The number of fused-ring (bicyclic) bond motifs is 1. The first kappa shape index (κ1) is 24.3. The Kier molecular flexibility index (Phi) is 7.58. The number of nitrogens with two attached hydrogens (primary N) is 1. The number of thiazole rings is 1. The molecule has 0 radical (unpaired) electrons. The van der Waals surface area contributed by atoms with Gasteiger partial charge in [0.2, 0.25) is 11.1 Å². The van der Waals surface area contributed by atoms with E-state index in [2.05, 4.69) is 31.0 Å². The van der Waals surface area contributed by atoms with Gasteiger partial charge in [0, 0.05) is 5.56 Å². The van der Waals surface area contributed by atoms with E-state index in [0.717, 1.165) is 33.1 Å². The summed E-state index contributed by atoms with van der Waals surface area (Å²) in [4.78, 5) is 16.8. The minimum Gasteiger partial charge on any atom is -0.488 e. The minimum absolute atomic E-state index is 0.0979. The number of nitrogens with zero attached hydrogens (tertiary/aromatic N) is 5.